The standard InChI is InChI=1S/C16H24N2/c1-13-10-17-11-15(13)12-18-9-5-4-7-14-6-2-3-8-16(14)18/h2-3,6,8,13,15,17H,4-5,7,9-12H2,1H3. The average molecular weight is 244 g/mol. The van der Waals surface area contributed by atoms with Crippen LogP contribution in [0.1, 0.15) is 25.3 Å². The summed E-state index contributed by atoms with van der Waals surface area (Å²) in [7, 11) is 0. The molecule has 98 valence electrons. The smallest absolute Gasteiger partial charge is 0.0398 e. The van der Waals surface area contributed by atoms with Crippen LogP contribution >= 0.6 is 0 Å². The quantitative estimate of drug-likeness (QED) is 0.860. The predicted octanol–water partition coefficient (Wildman–Crippen LogP) is 2.68. The van der Waals surface area contributed by atoms with Crippen molar-refractivity contribution < 1.29 is 0 Å². The molecule has 1 fully saturated rings. The number of nitrogens with one attached hydrogen (secondary N) is 1. The van der Waals surface area contributed by atoms with E-state index in [4.69, 9.17) is 0 Å². The fourth-order valence-corrected chi connectivity index (χ4v) is 3.35. The van der Waals surface area contributed by atoms with Gasteiger partial charge in [-0.15, -0.1) is 0 Å². The maximum absolute atomic E-state index is 3.52. The van der Waals surface area contributed by atoms with Crippen LogP contribution in [0.25, 0.3) is 0 Å². The van der Waals surface area contributed by atoms with E-state index in [1.807, 2.05) is 0 Å². The second kappa shape index (κ2) is 5.31. The number of anilines is 1. The molecule has 2 unspecified atom stereocenters. The van der Waals surface area contributed by atoms with Crippen LogP contribution in [0.5, 0.6) is 0 Å². The van der Waals surface area contributed by atoms with Crippen LogP contribution < -0.4 is 10.2 Å². The molecular formula is C16H24N2. The van der Waals surface area contributed by atoms with E-state index in [0.717, 1.165) is 11.8 Å². The molecule has 18 heavy (non-hydrogen) atoms. The summed E-state index contributed by atoms with van der Waals surface area (Å²) in [5, 5.41) is 3.52. The molecule has 0 radical (unpaired) electrons. The van der Waals surface area contributed by atoms with Crippen LogP contribution in [0.2, 0.25) is 0 Å². The molecule has 0 spiro atoms. The third-order valence-corrected chi connectivity index (χ3v) is 4.59. The second-order valence-corrected chi connectivity index (χ2v) is 5.93. The van der Waals surface area contributed by atoms with Gasteiger partial charge in [0.25, 0.3) is 0 Å². The van der Waals surface area contributed by atoms with Crippen molar-refractivity contribution in [2.75, 3.05) is 31.1 Å². The molecular weight excluding hydrogens is 220 g/mol. The number of benzene rings is 1. The van der Waals surface area contributed by atoms with Gasteiger partial charge in [0, 0.05) is 18.8 Å². The molecule has 2 atom stereocenters. The van der Waals surface area contributed by atoms with Crippen molar-refractivity contribution in [1.29, 1.82) is 0 Å². The van der Waals surface area contributed by atoms with Crippen molar-refractivity contribution in [3.05, 3.63) is 29.8 Å². The topological polar surface area (TPSA) is 15.3 Å². The van der Waals surface area contributed by atoms with E-state index in [0.29, 0.717) is 0 Å². The number of aryl methyl sites for hydroxylation is 1. The van der Waals surface area contributed by atoms with Gasteiger partial charge in [-0.05, 0) is 55.8 Å². The Morgan fingerprint density at radius 3 is 2.94 bits per heavy atom. The molecule has 0 saturated carbocycles. The molecule has 0 aromatic heterocycles. The minimum Gasteiger partial charge on any atom is -0.371 e. The molecule has 1 aromatic rings. The Morgan fingerprint density at radius 1 is 1.22 bits per heavy atom. The van der Waals surface area contributed by atoms with E-state index in [1.54, 1.807) is 5.56 Å². The van der Waals surface area contributed by atoms with Gasteiger partial charge in [-0.2, -0.15) is 0 Å². The Hall–Kier alpha value is -1.02. The van der Waals surface area contributed by atoms with Crippen LogP contribution in [0, 0.1) is 11.8 Å². The van der Waals surface area contributed by atoms with Gasteiger partial charge in [-0.25, -0.2) is 0 Å². The molecule has 2 aliphatic heterocycles. The van der Waals surface area contributed by atoms with E-state index in [-0.39, 0.29) is 0 Å². The lowest BCUT2D eigenvalue weighted by Crippen LogP contribution is -2.33. The molecule has 2 heterocycles. The molecule has 1 N–H and O–H groups in total. The molecule has 1 aromatic carbocycles. The maximum Gasteiger partial charge on any atom is 0.0398 e. The highest BCUT2D eigenvalue weighted by Gasteiger charge is 2.26. The van der Waals surface area contributed by atoms with Crippen molar-refractivity contribution in [2.24, 2.45) is 11.8 Å². The first-order chi connectivity index (χ1) is 8.84. The fourth-order valence-electron chi connectivity index (χ4n) is 3.35. The molecule has 2 nitrogen and oxygen atoms in total. The fraction of sp³-hybridized carbons (Fsp3) is 0.625. The van der Waals surface area contributed by atoms with Gasteiger partial charge in [0.2, 0.25) is 0 Å². The lowest BCUT2D eigenvalue weighted by molar-refractivity contribution is 0.446. The van der Waals surface area contributed by atoms with Gasteiger partial charge >= 0.3 is 0 Å². The second-order valence-electron chi connectivity index (χ2n) is 5.93. The van der Waals surface area contributed by atoms with Crippen LogP contribution in [-0.4, -0.2) is 26.2 Å². The van der Waals surface area contributed by atoms with Crippen LogP contribution in [0.15, 0.2) is 24.3 Å². The molecule has 2 heteroatoms. The number of nitrogens with zero attached hydrogens (tertiary/aromatic N) is 1. The maximum atomic E-state index is 3.52. The lowest BCUT2D eigenvalue weighted by Gasteiger charge is -2.29. The van der Waals surface area contributed by atoms with E-state index in [9.17, 15) is 0 Å². The monoisotopic (exact) mass is 244 g/mol. The molecule has 3 rings (SSSR count). The summed E-state index contributed by atoms with van der Waals surface area (Å²) < 4.78 is 0. The van der Waals surface area contributed by atoms with Gasteiger partial charge in [-0.1, -0.05) is 25.1 Å². The van der Waals surface area contributed by atoms with Gasteiger partial charge in [0.1, 0.15) is 0 Å². The van der Waals surface area contributed by atoms with E-state index in [1.165, 1.54) is 51.1 Å². The van der Waals surface area contributed by atoms with Crippen molar-refractivity contribution in [3.8, 4) is 0 Å². The van der Waals surface area contributed by atoms with Gasteiger partial charge in [0.15, 0.2) is 0 Å². The first-order valence-electron chi connectivity index (χ1n) is 7.38. The molecule has 0 aliphatic carbocycles. The molecule has 2 aliphatic rings. The third-order valence-electron chi connectivity index (χ3n) is 4.59. The average Bonchev–Trinajstić information content (AvgIpc) is 2.68. The zero-order chi connectivity index (χ0) is 12.4. The Bertz CT molecular complexity index is 402. The summed E-state index contributed by atoms with van der Waals surface area (Å²) in [5.41, 5.74) is 3.04. The first-order valence-corrected chi connectivity index (χ1v) is 7.38. The highest BCUT2D eigenvalue weighted by Crippen LogP contribution is 2.28. The Morgan fingerprint density at radius 2 is 2.11 bits per heavy atom. The first kappa shape index (κ1) is 12.0. The van der Waals surface area contributed by atoms with E-state index >= 15 is 0 Å². The summed E-state index contributed by atoms with van der Waals surface area (Å²) in [6.07, 6.45) is 3.93. The van der Waals surface area contributed by atoms with Gasteiger partial charge in [-0.3, -0.25) is 0 Å². The normalized spacial score (nSPS) is 27.9. The number of para-hydroxylation sites is 1. The largest absolute Gasteiger partial charge is 0.371 e. The number of rotatable bonds is 2. The number of hydrogen-bond donors (Lipinski definition) is 1. The third kappa shape index (κ3) is 2.39. The number of fused-ring (bicyclic) bond motifs is 1. The predicted molar refractivity (Wildman–Crippen MR) is 77.1 cm³/mol. The van der Waals surface area contributed by atoms with E-state index < -0.39 is 0 Å². The molecule has 0 bridgehead atoms. The summed E-state index contributed by atoms with van der Waals surface area (Å²) in [4.78, 5) is 2.64. The molecule has 0 amide bonds. The summed E-state index contributed by atoms with van der Waals surface area (Å²) in [5.74, 6) is 1.64. The Labute approximate surface area is 110 Å². The number of hydrogen-bond acceptors (Lipinski definition) is 2. The minimum atomic E-state index is 0.816. The molecule has 1 saturated heterocycles. The van der Waals surface area contributed by atoms with Crippen LogP contribution in [-0.2, 0) is 6.42 Å². The SMILES string of the molecule is CC1CNCC1CN1CCCCc2ccccc21. The van der Waals surface area contributed by atoms with Crippen molar-refractivity contribution >= 4 is 5.69 Å². The lowest BCUT2D eigenvalue weighted by atomic mass is 9.97. The zero-order valence-corrected chi connectivity index (χ0v) is 11.4. The van der Waals surface area contributed by atoms with Crippen LogP contribution in [0.3, 0.4) is 0 Å². The van der Waals surface area contributed by atoms with E-state index in [2.05, 4.69) is 41.4 Å². The van der Waals surface area contributed by atoms with Gasteiger partial charge in [0.05, 0.1) is 0 Å². The van der Waals surface area contributed by atoms with Crippen molar-refractivity contribution in [2.45, 2.75) is 26.2 Å². The van der Waals surface area contributed by atoms with Crippen molar-refractivity contribution in [3.63, 3.8) is 0 Å². The Balaban J connectivity index is 1.79. The summed E-state index contributed by atoms with van der Waals surface area (Å²) >= 11 is 0. The Kier molecular flexibility index (Phi) is 3.55. The van der Waals surface area contributed by atoms with Crippen molar-refractivity contribution in [1.82, 2.24) is 5.32 Å². The highest BCUT2D eigenvalue weighted by atomic mass is 15.1. The van der Waals surface area contributed by atoms with Crippen LogP contribution in [0.4, 0.5) is 5.69 Å². The summed E-state index contributed by atoms with van der Waals surface area (Å²) in [6, 6.07) is 8.99. The highest BCUT2D eigenvalue weighted by molar-refractivity contribution is 5.54. The minimum absolute atomic E-state index is 0.816. The zero-order valence-electron chi connectivity index (χ0n) is 11.4. The van der Waals surface area contributed by atoms with Gasteiger partial charge < -0.3 is 10.2 Å². The summed E-state index contributed by atoms with van der Waals surface area (Å²) in [6.45, 7) is 7.24.